The van der Waals surface area contributed by atoms with E-state index in [-0.39, 0.29) is 12.0 Å². The van der Waals surface area contributed by atoms with E-state index in [0.29, 0.717) is 39.0 Å². The molecule has 50 heavy (non-hydrogen) atoms. The number of carbonyl (C=O) groups is 2. The molecule has 3 aromatic carbocycles. The molecule has 0 saturated heterocycles. The molecule has 1 fully saturated rings. The normalized spacial score (nSPS) is 16.3. The number of hydrogen-bond acceptors (Lipinski definition) is 9. The van der Waals surface area contributed by atoms with Crippen molar-refractivity contribution in [3.63, 3.8) is 0 Å². The number of alkyl halides is 3. The quantitative estimate of drug-likeness (QED) is 0.169. The highest BCUT2D eigenvalue weighted by Gasteiger charge is 2.50. The maximum Gasteiger partial charge on any atom is 0.573 e. The summed E-state index contributed by atoms with van der Waals surface area (Å²) in [6.45, 7) is 4.60. The van der Waals surface area contributed by atoms with Gasteiger partial charge in [-0.3, -0.25) is 9.59 Å². The summed E-state index contributed by atoms with van der Waals surface area (Å²) in [5.41, 5.74) is 0.858. The van der Waals surface area contributed by atoms with Crippen molar-refractivity contribution in [2.45, 2.75) is 63.5 Å². The Hall–Kier alpha value is -4.50. The number of carbonyl (C=O) groups excluding carboxylic acids is 2. The van der Waals surface area contributed by atoms with Crippen LogP contribution in [0, 0.1) is 0 Å². The van der Waals surface area contributed by atoms with Crippen LogP contribution in [0.4, 0.5) is 24.5 Å². The van der Waals surface area contributed by atoms with Gasteiger partial charge < -0.3 is 24.5 Å². The number of hydrogen-bond donors (Lipinski definition) is 2. The lowest BCUT2D eigenvalue weighted by Crippen LogP contribution is -2.45. The van der Waals surface area contributed by atoms with Crippen LogP contribution >= 0.6 is 11.6 Å². The zero-order chi connectivity index (χ0) is 36.6. The van der Waals surface area contributed by atoms with Crippen LogP contribution < -0.4 is 24.4 Å². The molecule has 16 heteroatoms. The minimum Gasteiger partial charge on any atom is -0.497 e. The summed E-state index contributed by atoms with van der Waals surface area (Å²) >= 11 is 6.17. The van der Waals surface area contributed by atoms with Gasteiger partial charge in [0.1, 0.15) is 17.5 Å². The molecule has 2 amide bonds. The van der Waals surface area contributed by atoms with Crippen molar-refractivity contribution in [2.75, 3.05) is 30.1 Å². The van der Waals surface area contributed by atoms with Crippen LogP contribution in [-0.4, -0.2) is 57.8 Å². The fourth-order valence-corrected chi connectivity index (χ4v) is 6.63. The summed E-state index contributed by atoms with van der Waals surface area (Å²) in [4.78, 5) is 34.0. The molecule has 1 aliphatic carbocycles. The molecule has 2 N–H and O–H groups in total. The number of oxime groups is 1. The molecule has 3 aromatic rings. The van der Waals surface area contributed by atoms with Crippen LogP contribution in [-0.2, 0) is 29.9 Å². The molecule has 1 aliphatic heterocycles. The minimum absolute atomic E-state index is 0.289. The molecule has 1 spiro atoms. The first-order valence-corrected chi connectivity index (χ1v) is 17.7. The summed E-state index contributed by atoms with van der Waals surface area (Å²) < 4.78 is 74.2. The number of methoxy groups -OCH3 is 1. The molecule has 0 bridgehead atoms. The third kappa shape index (κ3) is 8.27. The van der Waals surface area contributed by atoms with Gasteiger partial charge in [0, 0.05) is 40.4 Å². The van der Waals surface area contributed by atoms with E-state index in [1.165, 1.54) is 38.0 Å². The fourth-order valence-electron chi connectivity index (χ4n) is 5.92. The largest absolute Gasteiger partial charge is 0.573 e. The third-order valence-corrected chi connectivity index (χ3v) is 9.47. The van der Waals surface area contributed by atoms with Gasteiger partial charge in [-0.05, 0) is 75.1 Å². The zero-order valence-corrected chi connectivity index (χ0v) is 29.4. The van der Waals surface area contributed by atoms with Gasteiger partial charge in [-0.15, -0.1) is 13.2 Å². The van der Waals surface area contributed by atoms with Crippen molar-refractivity contribution < 1.29 is 45.5 Å². The van der Waals surface area contributed by atoms with E-state index < -0.39 is 45.6 Å². The van der Waals surface area contributed by atoms with Crippen LogP contribution in [0.1, 0.15) is 62.8 Å². The number of ether oxygens (including phenoxy) is 2. The number of benzene rings is 3. The highest BCUT2D eigenvalue weighted by atomic mass is 35.5. The monoisotopic (exact) mass is 736 g/mol. The fraction of sp³-hybridized carbons (Fsp3) is 0.382. The lowest BCUT2D eigenvalue weighted by atomic mass is 9.66. The van der Waals surface area contributed by atoms with E-state index >= 15 is 0 Å². The average Bonchev–Trinajstić information content (AvgIpc) is 3.36. The summed E-state index contributed by atoms with van der Waals surface area (Å²) in [5, 5.41) is 7.78. The van der Waals surface area contributed by atoms with Crippen LogP contribution in [0.5, 0.6) is 11.5 Å². The summed E-state index contributed by atoms with van der Waals surface area (Å²) in [7, 11) is -2.38. The Labute approximate surface area is 292 Å². The molecule has 0 radical (unpaired) electrons. The van der Waals surface area contributed by atoms with E-state index in [1.54, 1.807) is 55.5 Å². The lowest BCUT2D eigenvalue weighted by molar-refractivity contribution is -0.274. The maximum absolute atomic E-state index is 14.6. The number of rotatable bonds is 11. The summed E-state index contributed by atoms with van der Waals surface area (Å²) in [6.07, 6.45) is -1.56. The number of nitrogens with zero attached hydrogens (tertiary/aromatic N) is 2. The number of fused-ring (bicyclic) bond motifs is 2. The Morgan fingerprint density at radius 1 is 1.02 bits per heavy atom. The maximum atomic E-state index is 14.6. The Morgan fingerprint density at radius 3 is 2.28 bits per heavy atom. The Morgan fingerprint density at radius 2 is 1.70 bits per heavy atom. The van der Waals surface area contributed by atoms with E-state index in [1.807, 2.05) is 4.72 Å². The predicted molar refractivity (Wildman–Crippen MR) is 182 cm³/mol. The Balaban J connectivity index is 1.49. The molecule has 1 unspecified atom stereocenters. The molecule has 2 aliphatic rings. The second kappa shape index (κ2) is 13.7. The van der Waals surface area contributed by atoms with Crippen LogP contribution in [0.3, 0.4) is 0 Å². The summed E-state index contributed by atoms with van der Waals surface area (Å²) in [6, 6.07) is 14.7. The summed E-state index contributed by atoms with van der Waals surface area (Å²) in [5.74, 6) is -1.38. The number of anilines is 2. The van der Waals surface area contributed by atoms with Crippen LogP contribution in [0.25, 0.3) is 0 Å². The SMILES string of the molecule is COc1cc(NC(C(=O)N2CC3(CCC3)c3ccc(OC(F)(F)F)cc32)c2ccc(Cl)cc2)cc(C(C)=NOC(C)(C)C(=O)NS(C)(=O)=O)c1. The number of sulfonamides is 1. The lowest BCUT2D eigenvalue weighted by Gasteiger charge is -2.39. The van der Waals surface area contributed by atoms with E-state index in [0.717, 1.165) is 31.1 Å². The first-order valence-electron chi connectivity index (χ1n) is 15.5. The van der Waals surface area contributed by atoms with Gasteiger partial charge in [0.25, 0.3) is 11.8 Å². The third-order valence-electron chi connectivity index (χ3n) is 8.66. The van der Waals surface area contributed by atoms with E-state index in [2.05, 4.69) is 15.2 Å². The van der Waals surface area contributed by atoms with Crippen molar-refractivity contribution in [1.29, 1.82) is 0 Å². The van der Waals surface area contributed by atoms with Gasteiger partial charge in [0.05, 0.1) is 24.8 Å². The minimum atomic E-state index is -4.90. The topological polar surface area (TPSA) is 136 Å². The van der Waals surface area contributed by atoms with Crippen molar-refractivity contribution in [1.82, 2.24) is 4.72 Å². The molecule has 11 nitrogen and oxygen atoms in total. The zero-order valence-electron chi connectivity index (χ0n) is 27.9. The van der Waals surface area contributed by atoms with Crippen molar-refractivity contribution in [2.24, 2.45) is 5.16 Å². The molecule has 1 saturated carbocycles. The van der Waals surface area contributed by atoms with Gasteiger partial charge in [0.2, 0.25) is 15.6 Å². The van der Waals surface area contributed by atoms with Gasteiger partial charge >= 0.3 is 6.36 Å². The molecule has 268 valence electrons. The first-order chi connectivity index (χ1) is 23.3. The average molecular weight is 737 g/mol. The highest BCUT2D eigenvalue weighted by molar-refractivity contribution is 7.89. The van der Waals surface area contributed by atoms with Crippen molar-refractivity contribution >= 4 is 50.5 Å². The van der Waals surface area contributed by atoms with Crippen molar-refractivity contribution in [3.05, 3.63) is 82.4 Å². The first kappa shape index (κ1) is 36.8. The molecular formula is C34H36ClF3N4O7S. The second-order valence-corrected chi connectivity index (χ2v) is 15.0. The van der Waals surface area contributed by atoms with Crippen molar-refractivity contribution in [3.8, 4) is 11.5 Å². The molecule has 0 aromatic heterocycles. The van der Waals surface area contributed by atoms with E-state index in [9.17, 15) is 31.2 Å². The van der Waals surface area contributed by atoms with Crippen LogP contribution in [0.2, 0.25) is 5.02 Å². The second-order valence-electron chi connectivity index (χ2n) is 12.8. The van der Waals surface area contributed by atoms with Gasteiger partial charge in [-0.2, -0.15) is 0 Å². The molecule has 1 atom stereocenters. The predicted octanol–water partition coefficient (Wildman–Crippen LogP) is 6.46. The van der Waals surface area contributed by atoms with Gasteiger partial charge in [-0.1, -0.05) is 41.4 Å². The van der Waals surface area contributed by atoms with Gasteiger partial charge in [-0.25, -0.2) is 13.1 Å². The smallest absolute Gasteiger partial charge is 0.497 e. The van der Waals surface area contributed by atoms with Crippen LogP contribution in [0.15, 0.2) is 65.8 Å². The molecule has 1 heterocycles. The standard InChI is InChI=1S/C34H36ClF3N4O7S/c1-20(40-49-32(2,3)31(44)41-50(5,45)46)22-15-24(17-26(16-22)47-4)39-29(21-7-9-23(35)10-8-21)30(43)42-19-33(13-6-14-33)27-12-11-25(18-28(27)42)48-34(36,37)38/h7-12,15-18,29,39H,6,13-14,19H2,1-5H3,(H,41,44). The Bertz CT molecular complexity index is 1930. The van der Waals surface area contributed by atoms with E-state index in [4.69, 9.17) is 21.2 Å². The number of halogens is 4. The van der Waals surface area contributed by atoms with Gasteiger partial charge in [0.15, 0.2) is 0 Å². The molecule has 5 rings (SSSR count). The number of amides is 2. The highest BCUT2D eigenvalue weighted by Crippen LogP contribution is 2.54. The molecular weight excluding hydrogens is 701 g/mol. The number of nitrogens with one attached hydrogen (secondary N) is 2. The Kier molecular flexibility index (Phi) is 10.0.